The van der Waals surface area contributed by atoms with Gasteiger partial charge in [0.15, 0.2) is 0 Å². The summed E-state index contributed by atoms with van der Waals surface area (Å²) in [7, 11) is 0. The molecule has 0 radical (unpaired) electrons. The third-order valence-corrected chi connectivity index (χ3v) is 2.86. The molecule has 0 unspecified atom stereocenters. The number of rotatable bonds is 1. The van der Waals surface area contributed by atoms with Crippen molar-refractivity contribution < 1.29 is 10.2 Å². The van der Waals surface area contributed by atoms with E-state index < -0.39 is 0 Å². The average Bonchev–Trinajstić information content (AvgIpc) is 2.91. The van der Waals surface area contributed by atoms with Crippen LogP contribution in [0.15, 0.2) is 48.5 Å². The number of H-pyrrole nitrogens is 1. The Kier molecular flexibility index (Phi) is 3.76. The largest absolute Gasteiger partial charge is 0.506 e. The maximum absolute atomic E-state index is 10.2. The standard InChI is InChI=1S/C14H11NO2.C2H6/c16-13-10-7-4-8-11(10)15-14(17)12(13)9-5-2-1-3-6-9;1-2/h1-8,15-17H;1-2H3. The lowest BCUT2D eigenvalue weighted by molar-refractivity contribution is 0.440. The third kappa shape index (κ3) is 2.27. The van der Waals surface area contributed by atoms with Crippen LogP contribution in [0.4, 0.5) is 0 Å². The maximum Gasteiger partial charge on any atom is 0.200 e. The lowest BCUT2D eigenvalue weighted by Gasteiger charge is -2.12. The van der Waals surface area contributed by atoms with E-state index in [1.807, 2.05) is 62.4 Å². The Balaban J connectivity index is 0.000000637. The molecule has 0 fully saturated rings. The van der Waals surface area contributed by atoms with Crippen molar-refractivity contribution >= 4 is 0 Å². The summed E-state index contributed by atoms with van der Waals surface area (Å²) in [5.41, 5.74) is 2.65. The summed E-state index contributed by atoms with van der Waals surface area (Å²) in [5, 5.41) is 20.1. The number of pyridine rings is 1. The Morgan fingerprint density at radius 1 is 0.842 bits per heavy atom. The van der Waals surface area contributed by atoms with Crippen LogP contribution in [0.5, 0.6) is 11.6 Å². The predicted octanol–water partition coefficient (Wildman–Crippen LogP) is 4.22. The van der Waals surface area contributed by atoms with E-state index in [0.717, 1.165) is 11.3 Å². The van der Waals surface area contributed by atoms with Crippen LogP contribution in [0.25, 0.3) is 22.4 Å². The molecule has 1 aromatic rings. The Bertz CT molecular complexity index is 629. The van der Waals surface area contributed by atoms with Gasteiger partial charge in [-0.05, 0) is 17.7 Å². The molecule has 0 bridgehead atoms. The van der Waals surface area contributed by atoms with Crippen molar-refractivity contribution in [3.63, 3.8) is 0 Å². The first-order valence-electron chi connectivity index (χ1n) is 6.35. The van der Waals surface area contributed by atoms with Gasteiger partial charge < -0.3 is 15.2 Å². The van der Waals surface area contributed by atoms with Crippen LogP contribution >= 0.6 is 0 Å². The molecule has 3 nitrogen and oxygen atoms in total. The number of nitrogens with one attached hydrogen (secondary N) is 1. The summed E-state index contributed by atoms with van der Waals surface area (Å²) >= 11 is 0. The van der Waals surface area contributed by atoms with E-state index in [0.29, 0.717) is 11.1 Å². The van der Waals surface area contributed by atoms with E-state index in [1.54, 1.807) is 0 Å². The van der Waals surface area contributed by atoms with Gasteiger partial charge in [-0.1, -0.05) is 50.2 Å². The zero-order chi connectivity index (χ0) is 13.8. The van der Waals surface area contributed by atoms with Gasteiger partial charge in [-0.3, -0.25) is 0 Å². The van der Waals surface area contributed by atoms with Crippen molar-refractivity contribution in [2.75, 3.05) is 0 Å². The molecule has 0 spiro atoms. The van der Waals surface area contributed by atoms with Crippen LogP contribution in [-0.2, 0) is 0 Å². The summed E-state index contributed by atoms with van der Waals surface area (Å²) in [4.78, 5) is 2.87. The molecular weight excluding hydrogens is 238 g/mol. The van der Waals surface area contributed by atoms with Gasteiger partial charge in [-0.2, -0.15) is 0 Å². The molecule has 1 aliphatic carbocycles. The monoisotopic (exact) mass is 255 g/mol. The summed E-state index contributed by atoms with van der Waals surface area (Å²) in [6.45, 7) is 4.00. The third-order valence-electron chi connectivity index (χ3n) is 2.86. The van der Waals surface area contributed by atoms with E-state index in [-0.39, 0.29) is 11.6 Å². The predicted molar refractivity (Wildman–Crippen MR) is 77.5 cm³/mol. The van der Waals surface area contributed by atoms with Gasteiger partial charge in [0.1, 0.15) is 5.75 Å². The maximum atomic E-state index is 10.2. The van der Waals surface area contributed by atoms with Crippen LogP contribution in [0.3, 0.4) is 0 Å². The Labute approximate surface area is 112 Å². The molecule has 0 saturated carbocycles. The topological polar surface area (TPSA) is 56.2 Å². The van der Waals surface area contributed by atoms with Crippen LogP contribution in [0.1, 0.15) is 13.8 Å². The number of aromatic hydroxyl groups is 2. The first-order valence-corrected chi connectivity index (χ1v) is 6.35. The van der Waals surface area contributed by atoms with E-state index in [1.165, 1.54) is 0 Å². The Hall–Kier alpha value is -2.42. The number of hydrogen-bond acceptors (Lipinski definition) is 2. The highest BCUT2D eigenvalue weighted by atomic mass is 16.3. The van der Waals surface area contributed by atoms with E-state index >= 15 is 0 Å². The smallest absolute Gasteiger partial charge is 0.200 e. The quantitative estimate of drug-likeness (QED) is 0.609. The molecule has 1 heterocycles. The minimum absolute atomic E-state index is 0.0209. The first kappa shape index (κ1) is 13.0. The van der Waals surface area contributed by atoms with Crippen LogP contribution in [-0.4, -0.2) is 15.2 Å². The molecule has 3 N–H and O–H groups in total. The highest BCUT2D eigenvalue weighted by Gasteiger charge is 2.18. The molecular formula is C16H17NO2. The lowest BCUT2D eigenvalue weighted by atomic mass is 10.0. The molecule has 98 valence electrons. The second-order valence-electron chi connectivity index (χ2n) is 3.92. The summed E-state index contributed by atoms with van der Waals surface area (Å²) in [6, 6.07) is 14.8. The van der Waals surface area contributed by atoms with E-state index in [4.69, 9.17) is 0 Å². The van der Waals surface area contributed by atoms with Crippen molar-refractivity contribution in [2.45, 2.75) is 13.8 Å². The summed E-state index contributed by atoms with van der Waals surface area (Å²) in [5.74, 6) is 0.0832. The fourth-order valence-electron chi connectivity index (χ4n) is 2.05. The van der Waals surface area contributed by atoms with E-state index in [2.05, 4.69) is 4.98 Å². The Morgan fingerprint density at radius 3 is 2.21 bits per heavy atom. The van der Waals surface area contributed by atoms with E-state index in [9.17, 15) is 10.2 Å². The van der Waals surface area contributed by atoms with Crippen molar-refractivity contribution in [2.24, 2.45) is 0 Å². The van der Waals surface area contributed by atoms with Crippen LogP contribution < -0.4 is 0 Å². The zero-order valence-corrected chi connectivity index (χ0v) is 11.0. The number of aromatic nitrogens is 1. The molecule has 0 aromatic heterocycles. The van der Waals surface area contributed by atoms with Gasteiger partial charge in [-0.15, -0.1) is 0 Å². The zero-order valence-electron chi connectivity index (χ0n) is 11.0. The number of hydrogen-bond donors (Lipinski definition) is 3. The van der Waals surface area contributed by atoms with Crippen molar-refractivity contribution in [1.29, 1.82) is 0 Å². The SMILES string of the molecule is CC.Oc1[nH]c2cccc-2c(O)c1-c1ccccc1. The highest BCUT2D eigenvalue weighted by Crippen LogP contribution is 2.43. The summed E-state index contributed by atoms with van der Waals surface area (Å²) in [6.07, 6.45) is 0. The normalized spacial score (nSPS) is 10.0. The molecule has 1 aliphatic heterocycles. The molecule has 3 rings (SSSR count). The van der Waals surface area contributed by atoms with Gasteiger partial charge in [0, 0.05) is 5.56 Å². The van der Waals surface area contributed by atoms with Gasteiger partial charge in [0.2, 0.25) is 5.88 Å². The molecule has 19 heavy (non-hydrogen) atoms. The molecule has 0 amide bonds. The summed E-state index contributed by atoms with van der Waals surface area (Å²) < 4.78 is 0. The minimum atomic E-state index is -0.0209. The average molecular weight is 255 g/mol. The minimum Gasteiger partial charge on any atom is -0.506 e. The van der Waals surface area contributed by atoms with Gasteiger partial charge in [-0.25, -0.2) is 0 Å². The molecule has 0 atom stereocenters. The van der Waals surface area contributed by atoms with Gasteiger partial charge in [0.05, 0.1) is 11.3 Å². The lowest BCUT2D eigenvalue weighted by Crippen LogP contribution is -1.88. The fraction of sp³-hybridized carbons (Fsp3) is 0.125. The molecule has 1 aromatic carbocycles. The van der Waals surface area contributed by atoms with Crippen LogP contribution in [0.2, 0.25) is 0 Å². The van der Waals surface area contributed by atoms with Gasteiger partial charge >= 0.3 is 0 Å². The first-order chi connectivity index (χ1) is 9.27. The fourth-order valence-corrected chi connectivity index (χ4v) is 2.05. The molecule has 0 saturated heterocycles. The van der Waals surface area contributed by atoms with Gasteiger partial charge in [0.25, 0.3) is 0 Å². The Morgan fingerprint density at radius 2 is 1.53 bits per heavy atom. The van der Waals surface area contributed by atoms with Crippen molar-refractivity contribution in [1.82, 2.24) is 4.98 Å². The number of fused-ring (bicyclic) bond motifs is 1. The molecule has 2 aliphatic rings. The highest BCUT2D eigenvalue weighted by molar-refractivity contribution is 5.85. The van der Waals surface area contributed by atoms with Crippen molar-refractivity contribution in [3.05, 3.63) is 48.5 Å². The number of benzene rings is 1. The van der Waals surface area contributed by atoms with Crippen molar-refractivity contribution in [3.8, 4) is 34.0 Å². The second kappa shape index (κ2) is 5.48. The molecule has 3 heteroatoms. The second-order valence-corrected chi connectivity index (χ2v) is 3.92. The number of aromatic amines is 1. The van der Waals surface area contributed by atoms with Crippen LogP contribution in [0, 0.1) is 0 Å².